The smallest absolute Gasteiger partial charge is 0.408 e. The highest BCUT2D eigenvalue weighted by Crippen LogP contribution is 1.99. The average molecular weight is 251 g/mol. The van der Waals surface area contributed by atoms with Crippen LogP contribution >= 0.6 is 0 Å². The van der Waals surface area contributed by atoms with Crippen molar-refractivity contribution < 1.29 is 19.4 Å². The first kappa shape index (κ1) is 13.6. The van der Waals surface area contributed by atoms with E-state index >= 15 is 0 Å². The number of hydrogen-bond acceptors (Lipinski definition) is 5. The van der Waals surface area contributed by atoms with E-state index in [1.54, 1.807) is 6.07 Å². The molecule has 1 heterocycles. The van der Waals surface area contributed by atoms with Crippen LogP contribution < -0.4 is 5.32 Å². The Bertz CT molecular complexity index is 422. The van der Waals surface area contributed by atoms with Crippen LogP contribution in [0.4, 0.5) is 4.79 Å². The molecule has 1 atom stereocenters. The average Bonchev–Trinajstić information content (AvgIpc) is 2.36. The minimum atomic E-state index is -1.16. The molecule has 7 heteroatoms. The fraction of sp³-hybridized carbons (Fsp3) is 0.273. The molecule has 0 fully saturated rings. The van der Waals surface area contributed by atoms with Crippen LogP contribution in [0.3, 0.4) is 0 Å². The zero-order valence-electron chi connectivity index (χ0n) is 9.57. The van der Waals surface area contributed by atoms with Crippen molar-refractivity contribution in [1.29, 1.82) is 0 Å². The van der Waals surface area contributed by atoms with Gasteiger partial charge in [0.1, 0.15) is 19.0 Å². The molecule has 0 radical (unpaired) electrons. The third-order valence-corrected chi connectivity index (χ3v) is 1.98. The number of ether oxygens (including phenoxy) is 1. The molecule has 0 aliphatic carbocycles. The SMILES string of the molecule is C=CCOC(=O)N[C@@H](Cc1ccncn1)C(=O)O. The lowest BCUT2D eigenvalue weighted by Crippen LogP contribution is -2.42. The molecule has 1 amide bonds. The van der Waals surface area contributed by atoms with Gasteiger partial charge in [0.2, 0.25) is 0 Å². The molecule has 0 aliphatic heterocycles. The predicted molar refractivity (Wildman–Crippen MR) is 61.8 cm³/mol. The summed E-state index contributed by atoms with van der Waals surface area (Å²) in [4.78, 5) is 29.8. The maximum absolute atomic E-state index is 11.2. The van der Waals surface area contributed by atoms with Gasteiger partial charge in [0.25, 0.3) is 0 Å². The molecule has 0 spiro atoms. The van der Waals surface area contributed by atoms with Gasteiger partial charge in [-0.1, -0.05) is 12.7 Å². The number of amides is 1. The van der Waals surface area contributed by atoms with Gasteiger partial charge < -0.3 is 15.2 Å². The number of carbonyl (C=O) groups is 2. The number of nitrogens with zero attached hydrogens (tertiary/aromatic N) is 2. The molecule has 1 rings (SSSR count). The fourth-order valence-corrected chi connectivity index (χ4v) is 1.17. The second-order valence-corrected chi connectivity index (χ2v) is 3.33. The summed E-state index contributed by atoms with van der Waals surface area (Å²) < 4.78 is 4.65. The number of nitrogens with one attached hydrogen (secondary N) is 1. The van der Waals surface area contributed by atoms with Crippen LogP contribution in [-0.4, -0.2) is 39.8 Å². The summed E-state index contributed by atoms with van der Waals surface area (Å²) >= 11 is 0. The van der Waals surface area contributed by atoms with Gasteiger partial charge in [-0.2, -0.15) is 0 Å². The van der Waals surface area contributed by atoms with E-state index in [1.807, 2.05) is 0 Å². The first-order valence-electron chi connectivity index (χ1n) is 5.15. The minimum Gasteiger partial charge on any atom is -0.480 e. The predicted octanol–water partition coefficient (Wildman–Crippen LogP) is 0.384. The monoisotopic (exact) mass is 251 g/mol. The van der Waals surface area contributed by atoms with E-state index in [1.165, 1.54) is 18.6 Å². The normalized spacial score (nSPS) is 11.3. The fourth-order valence-electron chi connectivity index (χ4n) is 1.17. The Balaban J connectivity index is 2.58. The highest BCUT2D eigenvalue weighted by Gasteiger charge is 2.21. The lowest BCUT2D eigenvalue weighted by molar-refractivity contribution is -0.139. The Kier molecular flexibility index (Phi) is 5.30. The molecule has 18 heavy (non-hydrogen) atoms. The summed E-state index contributed by atoms with van der Waals surface area (Å²) in [6, 6.07) is 0.476. The summed E-state index contributed by atoms with van der Waals surface area (Å²) in [6.07, 6.45) is 3.44. The largest absolute Gasteiger partial charge is 0.480 e. The Morgan fingerprint density at radius 2 is 2.39 bits per heavy atom. The number of alkyl carbamates (subject to hydrolysis) is 1. The molecule has 7 nitrogen and oxygen atoms in total. The van der Waals surface area contributed by atoms with Gasteiger partial charge in [-0.15, -0.1) is 0 Å². The summed E-state index contributed by atoms with van der Waals surface area (Å²) in [7, 11) is 0. The van der Waals surface area contributed by atoms with E-state index in [2.05, 4.69) is 26.6 Å². The Morgan fingerprint density at radius 1 is 1.61 bits per heavy atom. The highest BCUT2D eigenvalue weighted by molar-refractivity contribution is 5.80. The van der Waals surface area contributed by atoms with Gasteiger partial charge in [0.15, 0.2) is 0 Å². The Morgan fingerprint density at radius 3 is 2.94 bits per heavy atom. The van der Waals surface area contributed by atoms with Crippen LogP contribution in [0.2, 0.25) is 0 Å². The second-order valence-electron chi connectivity index (χ2n) is 3.33. The van der Waals surface area contributed by atoms with Gasteiger partial charge in [-0.3, -0.25) is 0 Å². The standard InChI is InChI=1S/C11H13N3O4/c1-2-5-18-11(17)14-9(10(15)16)6-8-3-4-12-7-13-8/h2-4,7,9H,1,5-6H2,(H,14,17)(H,15,16)/t9-/m0/s1. The zero-order valence-corrected chi connectivity index (χ0v) is 9.57. The zero-order chi connectivity index (χ0) is 13.4. The van der Waals surface area contributed by atoms with E-state index < -0.39 is 18.1 Å². The second kappa shape index (κ2) is 7.00. The summed E-state index contributed by atoms with van der Waals surface area (Å²) in [5.41, 5.74) is 0.515. The van der Waals surface area contributed by atoms with Gasteiger partial charge in [0.05, 0.1) is 0 Å². The Labute approximate surface area is 104 Å². The molecule has 0 saturated heterocycles. The van der Waals surface area contributed by atoms with E-state index in [0.717, 1.165) is 0 Å². The van der Waals surface area contributed by atoms with Crippen LogP contribution in [0.1, 0.15) is 5.69 Å². The summed E-state index contributed by atoms with van der Waals surface area (Å²) in [6.45, 7) is 3.40. The molecular weight excluding hydrogens is 238 g/mol. The van der Waals surface area contributed by atoms with Crippen molar-refractivity contribution in [2.45, 2.75) is 12.5 Å². The van der Waals surface area contributed by atoms with Crippen molar-refractivity contribution in [3.63, 3.8) is 0 Å². The summed E-state index contributed by atoms with van der Waals surface area (Å²) in [5.74, 6) is -1.16. The van der Waals surface area contributed by atoms with Crippen molar-refractivity contribution in [2.75, 3.05) is 6.61 Å². The molecule has 1 aromatic rings. The lowest BCUT2D eigenvalue weighted by Gasteiger charge is -2.13. The highest BCUT2D eigenvalue weighted by atomic mass is 16.5. The van der Waals surface area contributed by atoms with Crippen molar-refractivity contribution in [3.8, 4) is 0 Å². The van der Waals surface area contributed by atoms with E-state index in [0.29, 0.717) is 5.69 Å². The van der Waals surface area contributed by atoms with E-state index in [4.69, 9.17) is 5.11 Å². The van der Waals surface area contributed by atoms with E-state index in [9.17, 15) is 9.59 Å². The minimum absolute atomic E-state index is 0.0195. The number of aliphatic carboxylic acids is 1. The molecule has 0 aromatic carbocycles. The number of carbonyl (C=O) groups excluding carboxylic acids is 1. The van der Waals surface area contributed by atoms with Gasteiger partial charge in [-0.05, 0) is 6.07 Å². The van der Waals surface area contributed by atoms with Crippen molar-refractivity contribution in [2.24, 2.45) is 0 Å². The maximum Gasteiger partial charge on any atom is 0.408 e. The van der Waals surface area contributed by atoms with Crippen LogP contribution in [0.25, 0.3) is 0 Å². The number of hydrogen-bond donors (Lipinski definition) is 2. The maximum atomic E-state index is 11.2. The number of aromatic nitrogens is 2. The lowest BCUT2D eigenvalue weighted by atomic mass is 10.1. The van der Waals surface area contributed by atoms with E-state index in [-0.39, 0.29) is 13.0 Å². The topological polar surface area (TPSA) is 101 Å². The van der Waals surface area contributed by atoms with Gasteiger partial charge >= 0.3 is 12.1 Å². The van der Waals surface area contributed by atoms with Crippen molar-refractivity contribution >= 4 is 12.1 Å². The third kappa shape index (κ3) is 4.60. The Hall–Kier alpha value is -2.44. The first-order chi connectivity index (χ1) is 8.63. The molecule has 1 aromatic heterocycles. The quantitative estimate of drug-likeness (QED) is 0.709. The van der Waals surface area contributed by atoms with Crippen LogP contribution in [-0.2, 0) is 16.0 Å². The van der Waals surface area contributed by atoms with Crippen LogP contribution in [0.15, 0.2) is 31.2 Å². The molecular formula is C11H13N3O4. The molecule has 0 unspecified atom stereocenters. The van der Waals surface area contributed by atoms with Crippen LogP contribution in [0, 0.1) is 0 Å². The first-order valence-corrected chi connectivity index (χ1v) is 5.15. The molecule has 96 valence electrons. The summed E-state index contributed by atoms with van der Waals surface area (Å²) in [5, 5.41) is 11.2. The molecule has 2 N–H and O–H groups in total. The number of rotatable bonds is 6. The number of carboxylic acids is 1. The van der Waals surface area contributed by atoms with Gasteiger partial charge in [-0.25, -0.2) is 19.6 Å². The third-order valence-electron chi connectivity index (χ3n) is 1.98. The number of carboxylic acid groups (broad SMARTS) is 1. The van der Waals surface area contributed by atoms with Crippen molar-refractivity contribution in [3.05, 3.63) is 36.9 Å². The molecule has 0 saturated carbocycles. The molecule has 0 aliphatic rings. The van der Waals surface area contributed by atoms with Crippen molar-refractivity contribution in [1.82, 2.24) is 15.3 Å². The molecule has 0 bridgehead atoms. The van der Waals surface area contributed by atoms with Gasteiger partial charge in [0, 0.05) is 18.3 Å². The van der Waals surface area contributed by atoms with Crippen LogP contribution in [0.5, 0.6) is 0 Å².